The Kier molecular flexibility index (Phi) is 3.46. The van der Waals surface area contributed by atoms with Crippen LogP contribution in [0.15, 0.2) is 18.2 Å². The number of hydrogen-bond acceptors (Lipinski definition) is 3. The summed E-state index contributed by atoms with van der Waals surface area (Å²) in [7, 11) is 0. The van der Waals surface area contributed by atoms with Crippen molar-refractivity contribution in [2.45, 2.75) is 38.4 Å². The molecule has 0 amide bonds. The molecule has 4 heteroatoms. The van der Waals surface area contributed by atoms with Crippen LogP contribution in [0.1, 0.15) is 25.3 Å². The standard InChI is InChI=1S/C15H22FN3/c1-11-8-18-4-2-3-15(18)10-19(11)9-12-5-13(16)7-14(17)6-12/h5-7,11,15H,2-4,8-10,17H2,1H3. The lowest BCUT2D eigenvalue weighted by molar-refractivity contribution is 0.0540. The van der Waals surface area contributed by atoms with E-state index in [4.69, 9.17) is 5.73 Å². The Hall–Kier alpha value is -1.13. The van der Waals surface area contributed by atoms with E-state index in [2.05, 4.69) is 16.7 Å². The van der Waals surface area contributed by atoms with Gasteiger partial charge in [0, 0.05) is 37.4 Å². The lowest BCUT2D eigenvalue weighted by atomic mass is 10.1. The van der Waals surface area contributed by atoms with E-state index >= 15 is 0 Å². The van der Waals surface area contributed by atoms with Gasteiger partial charge in [-0.25, -0.2) is 4.39 Å². The van der Waals surface area contributed by atoms with E-state index < -0.39 is 0 Å². The highest BCUT2D eigenvalue weighted by molar-refractivity contribution is 5.41. The zero-order valence-electron chi connectivity index (χ0n) is 11.5. The molecule has 2 unspecified atom stereocenters. The van der Waals surface area contributed by atoms with Crippen molar-refractivity contribution < 1.29 is 4.39 Å². The summed E-state index contributed by atoms with van der Waals surface area (Å²) in [5, 5.41) is 0. The molecule has 3 nitrogen and oxygen atoms in total. The minimum atomic E-state index is -0.234. The van der Waals surface area contributed by atoms with E-state index in [1.165, 1.54) is 25.5 Å². The van der Waals surface area contributed by atoms with Gasteiger partial charge in [-0.3, -0.25) is 9.80 Å². The molecule has 2 aliphatic rings. The number of nitrogens with zero attached hydrogens (tertiary/aromatic N) is 2. The largest absolute Gasteiger partial charge is 0.399 e. The lowest BCUT2D eigenvalue weighted by Crippen LogP contribution is -2.54. The van der Waals surface area contributed by atoms with Gasteiger partial charge in [0.15, 0.2) is 0 Å². The van der Waals surface area contributed by atoms with Gasteiger partial charge in [-0.1, -0.05) is 0 Å². The Morgan fingerprint density at radius 2 is 2.16 bits per heavy atom. The molecular weight excluding hydrogens is 241 g/mol. The summed E-state index contributed by atoms with van der Waals surface area (Å²) in [6.07, 6.45) is 2.62. The van der Waals surface area contributed by atoms with Crippen molar-refractivity contribution in [2.24, 2.45) is 0 Å². The normalized spacial score (nSPS) is 28.5. The zero-order valence-corrected chi connectivity index (χ0v) is 11.5. The molecule has 2 fully saturated rings. The van der Waals surface area contributed by atoms with Crippen LogP contribution >= 0.6 is 0 Å². The summed E-state index contributed by atoms with van der Waals surface area (Å²) in [4.78, 5) is 5.06. The fourth-order valence-corrected chi connectivity index (χ4v) is 3.47. The van der Waals surface area contributed by atoms with Crippen LogP contribution in [-0.4, -0.2) is 41.5 Å². The maximum atomic E-state index is 13.4. The van der Waals surface area contributed by atoms with Gasteiger partial charge in [0.25, 0.3) is 0 Å². The molecule has 0 aliphatic carbocycles. The molecule has 0 spiro atoms. The molecule has 2 saturated heterocycles. The van der Waals surface area contributed by atoms with E-state index in [9.17, 15) is 4.39 Å². The summed E-state index contributed by atoms with van der Waals surface area (Å²) in [6.45, 7) is 6.54. The summed E-state index contributed by atoms with van der Waals surface area (Å²) in [5.74, 6) is -0.234. The Bertz CT molecular complexity index is 442. The third-order valence-corrected chi connectivity index (χ3v) is 4.43. The van der Waals surface area contributed by atoms with Gasteiger partial charge in [-0.2, -0.15) is 0 Å². The monoisotopic (exact) mass is 263 g/mol. The van der Waals surface area contributed by atoms with Crippen molar-refractivity contribution in [1.29, 1.82) is 0 Å². The van der Waals surface area contributed by atoms with E-state index in [1.54, 1.807) is 6.07 Å². The maximum absolute atomic E-state index is 13.4. The second kappa shape index (κ2) is 5.10. The van der Waals surface area contributed by atoms with E-state index in [0.29, 0.717) is 17.8 Å². The molecule has 3 rings (SSSR count). The van der Waals surface area contributed by atoms with Crippen molar-refractivity contribution in [2.75, 3.05) is 25.4 Å². The quantitative estimate of drug-likeness (QED) is 0.829. The van der Waals surface area contributed by atoms with Crippen LogP contribution in [0.5, 0.6) is 0 Å². The maximum Gasteiger partial charge on any atom is 0.125 e. The summed E-state index contributed by atoms with van der Waals surface area (Å²) in [6, 6.07) is 6.09. The first-order valence-corrected chi connectivity index (χ1v) is 7.15. The minimum absolute atomic E-state index is 0.234. The smallest absolute Gasteiger partial charge is 0.125 e. The number of anilines is 1. The average Bonchev–Trinajstić information content (AvgIpc) is 2.75. The summed E-state index contributed by atoms with van der Waals surface area (Å²) >= 11 is 0. The Labute approximate surface area is 114 Å². The van der Waals surface area contributed by atoms with Crippen LogP contribution in [-0.2, 0) is 6.54 Å². The van der Waals surface area contributed by atoms with Crippen LogP contribution in [0.25, 0.3) is 0 Å². The fourth-order valence-electron chi connectivity index (χ4n) is 3.47. The number of halogens is 1. The van der Waals surface area contributed by atoms with Crippen molar-refractivity contribution in [3.63, 3.8) is 0 Å². The molecule has 2 heterocycles. The summed E-state index contributed by atoms with van der Waals surface area (Å²) in [5.41, 5.74) is 7.22. The van der Waals surface area contributed by atoms with Crippen LogP contribution in [0.4, 0.5) is 10.1 Å². The number of benzene rings is 1. The molecule has 0 aromatic heterocycles. The summed E-state index contributed by atoms with van der Waals surface area (Å²) < 4.78 is 13.4. The van der Waals surface area contributed by atoms with Crippen molar-refractivity contribution in [1.82, 2.24) is 9.80 Å². The SMILES string of the molecule is CC1CN2CCCC2CN1Cc1cc(N)cc(F)c1. The number of fused-ring (bicyclic) bond motifs is 1. The number of rotatable bonds is 2. The Morgan fingerprint density at radius 1 is 1.32 bits per heavy atom. The minimum Gasteiger partial charge on any atom is -0.399 e. The van der Waals surface area contributed by atoms with Crippen LogP contribution < -0.4 is 5.73 Å². The first kappa shape index (κ1) is 12.9. The highest BCUT2D eigenvalue weighted by Crippen LogP contribution is 2.26. The highest BCUT2D eigenvalue weighted by atomic mass is 19.1. The van der Waals surface area contributed by atoms with Crippen molar-refractivity contribution in [3.8, 4) is 0 Å². The van der Waals surface area contributed by atoms with Crippen molar-refractivity contribution in [3.05, 3.63) is 29.6 Å². The Balaban J connectivity index is 1.71. The van der Waals surface area contributed by atoms with Gasteiger partial charge in [-0.15, -0.1) is 0 Å². The topological polar surface area (TPSA) is 32.5 Å². The predicted octanol–water partition coefficient (Wildman–Crippen LogP) is 2.08. The fraction of sp³-hybridized carbons (Fsp3) is 0.600. The zero-order chi connectivity index (χ0) is 13.4. The molecule has 0 saturated carbocycles. The van der Waals surface area contributed by atoms with Gasteiger partial charge >= 0.3 is 0 Å². The number of piperazine rings is 1. The second-order valence-electron chi connectivity index (χ2n) is 5.96. The molecule has 0 bridgehead atoms. The highest BCUT2D eigenvalue weighted by Gasteiger charge is 2.34. The second-order valence-corrected chi connectivity index (χ2v) is 5.96. The number of nitrogens with two attached hydrogens (primary N) is 1. The number of nitrogen functional groups attached to an aromatic ring is 1. The van der Waals surface area contributed by atoms with Crippen molar-refractivity contribution >= 4 is 5.69 Å². The lowest BCUT2D eigenvalue weighted by Gasteiger charge is -2.42. The Morgan fingerprint density at radius 3 is 2.95 bits per heavy atom. The average molecular weight is 263 g/mol. The van der Waals surface area contributed by atoms with Gasteiger partial charge in [0.05, 0.1) is 0 Å². The molecule has 2 aliphatic heterocycles. The molecule has 2 N–H and O–H groups in total. The molecular formula is C15H22FN3. The first-order valence-electron chi connectivity index (χ1n) is 7.15. The van der Waals surface area contributed by atoms with Gasteiger partial charge in [-0.05, 0) is 50.1 Å². The molecule has 0 radical (unpaired) electrons. The molecule has 1 aromatic rings. The van der Waals surface area contributed by atoms with E-state index in [1.807, 2.05) is 6.07 Å². The predicted molar refractivity (Wildman–Crippen MR) is 75.3 cm³/mol. The van der Waals surface area contributed by atoms with Gasteiger partial charge < -0.3 is 5.73 Å². The number of hydrogen-bond donors (Lipinski definition) is 1. The first-order chi connectivity index (χ1) is 9.11. The van der Waals surface area contributed by atoms with Gasteiger partial charge in [0.1, 0.15) is 5.82 Å². The third-order valence-electron chi connectivity index (χ3n) is 4.43. The van der Waals surface area contributed by atoms with E-state index in [0.717, 1.165) is 25.2 Å². The third kappa shape index (κ3) is 2.74. The van der Waals surface area contributed by atoms with Gasteiger partial charge in [0.2, 0.25) is 0 Å². The molecule has 1 aromatic carbocycles. The molecule has 2 atom stereocenters. The molecule has 19 heavy (non-hydrogen) atoms. The van der Waals surface area contributed by atoms with Crippen LogP contribution in [0.2, 0.25) is 0 Å². The van der Waals surface area contributed by atoms with Crippen LogP contribution in [0.3, 0.4) is 0 Å². The van der Waals surface area contributed by atoms with Crippen LogP contribution in [0, 0.1) is 5.82 Å². The van der Waals surface area contributed by atoms with E-state index in [-0.39, 0.29) is 5.82 Å². The molecule has 104 valence electrons.